The lowest BCUT2D eigenvalue weighted by Gasteiger charge is -2.27. The third-order valence-electron chi connectivity index (χ3n) is 7.53. The number of imidazole rings is 2. The molecule has 3 aliphatic rings. The van der Waals surface area contributed by atoms with Gasteiger partial charge in [0, 0.05) is 6.66 Å². The number of nitrogens with two attached hydrogens (primary N) is 2. The topological polar surface area (TPSA) is 298 Å². The van der Waals surface area contributed by atoms with E-state index in [4.69, 9.17) is 43.8 Å². The van der Waals surface area contributed by atoms with E-state index in [0.29, 0.717) is 0 Å². The molecule has 1 fully saturated rings. The summed E-state index contributed by atoms with van der Waals surface area (Å²) in [6.45, 7) is -2.78. The van der Waals surface area contributed by atoms with Crippen LogP contribution in [-0.4, -0.2) is 106 Å². The van der Waals surface area contributed by atoms with Crippen molar-refractivity contribution in [1.82, 2.24) is 39.0 Å². The van der Waals surface area contributed by atoms with Gasteiger partial charge in [-0.1, -0.05) is 0 Å². The van der Waals surface area contributed by atoms with E-state index in [1.54, 1.807) is 0 Å². The van der Waals surface area contributed by atoms with E-state index in [-0.39, 0.29) is 34.1 Å². The first-order chi connectivity index (χ1) is 23.5. The summed E-state index contributed by atoms with van der Waals surface area (Å²) >= 11 is 0. The molecular weight excluding hydrogens is 727 g/mol. The number of nitrogens with one attached hydrogen (secondary N) is 1. The predicted molar refractivity (Wildman–Crippen MR) is 156 cm³/mol. The van der Waals surface area contributed by atoms with Crippen LogP contribution in [0, 0.1) is 0 Å². The molecule has 3 aliphatic heterocycles. The van der Waals surface area contributed by atoms with Crippen LogP contribution in [0.2, 0.25) is 0 Å². The summed E-state index contributed by atoms with van der Waals surface area (Å²) in [7, 11) is -9.67. The summed E-state index contributed by atoms with van der Waals surface area (Å²) < 4.78 is 108. The Morgan fingerprint density at radius 3 is 2.52 bits per heavy atom. The minimum atomic E-state index is -5.25. The second-order valence-corrected chi connectivity index (χ2v) is 14.4. The lowest BCUT2D eigenvalue weighted by molar-refractivity contribution is -0.168. The van der Waals surface area contributed by atoms with E-state index in [2.05, 4.69) is 29.9 Å². The predicted octanol–water partition coefficient (Wildman–Crippen LogP) is 0.442. The molecule has 0 saturated carbocycles. The largest absolute Gasteiger partial charge is 0.482 e. The van der Waals surface area contributed by atoms with Crippen LogP contribution in [0.25, 0.3) is 22.3 Å². The van der Waals surface area contributed by atoms with Gasteiger partial charge in [0.25, 0.3) is 5.56 Å². The monoisotopic (exact) mass is 752 g/mol. The SMILES string of the molecule is CP1(=O)OC[C@H]2O[C@@H](n3cnc4c(N)ncnc43)C(O)C2OP(=O)(O)OCC2=C(OCC(F)(F)F)C(O1)[C@H](n1cnc3c(=O)[nH]c(N)nc31)O2. The number of ether oxygens (including phenoxy) is 3. The lowest BCUT2D eigenvalue weighted by Crippen LogP contribution is -2.36. The van der Waals surface area contributed by atoms with E-state index in [1.807, 2.05) is 0 Å². The first-order valence-corrected chi connectivity index (χ1v) is 17.6. The molecule has 0 amide bonds. The van der Waals surface area contributed by atoms with Gasteiger partial charge in [0.15, 0.2) is 53.1 Å². The molecule has 0 aliphatic carbocycles. The highest BCUT2D eigenvalue weighted by atomic mass is 31.2. The maximum atomic E-state index is 13.8. The number of nitrogen functional groups attached to an aromatic ring is 2. The Hall–Kier alpha value is -4.19. The number of alkyl halides is 3. The molecule has 0 aromatic carbocycles. The summed E-state index contributed by atoms with van der Waals surface area (Å²) in [5.74, 6) is -1.75. The zero-order valence-corrected chi connectivity index (χ0v) is 26.9. The van der Waals surface area contributed by atoms with Gasteiger partial charge in [0.2, 0.25) is 12.2 Å². The molecule has 2 bridgehead atoms. The minimum Gasteiger partial charge on any atom is -0.482 e. The first kappa shape index (κ1) is 34.3. The molecule has 22 nitrogen and oxygen atoms in total. The Kier molecular flexibility index (Phi) is 8.39. The highest BCUT2D eigenvalue weighted by Gasteiger charge is 2.52. The smallest absolute Gasteiger partial charge is 0.473 e. The van der Waals surface area contributed by atoms with Crippen LogP contribution in [0.1, 0.15) is 12.5 Å². The van der Waals surface area contributed by atoms with Crippen molar-refractivity contribution in [2.45, 2.75) is 43.0 Å². The Morgan fingerprint density at radius 1 is 1.06 bits per heavy atom. The summed E-state index contributed by atoms with van der Waals surface area (Å²) in [6.07, 6.45) is -11.4. The van der Waals surface area contributed by atoms with Crippen molar-refractivity contribution in [3.8, 4) is 0 Å². The molecule has 7 N–H and O–H groups in total. The van der Waals surface area contributed by atoms with Crippen molar-refractivity contribution in [3.05, 3.63) is 40.9 Å². The number of fused-ring (bicyclic) bond motifs is 4. The van der Waals surface area contributed by atoms with Crippen molar-refractivity contribution < 1.29 is 64.6 Å². The summed E-state index contributed by atoms with van der Waals surface area (Å²) in [5, 5.41) is 11.2. The number of hydrogen-bond donors (Lipinski definition) is 5. The number of phosphoric ester groups is 1. The molecule has 5 unspecified atom stereocenters. The maximum Gasteiger partial charge on any atom is 0.473 e. The molecule has 50 heavy (non-hydrogen) atoms. The van der Waals surface area contributed by atoms with Crippen LogP contribution in [-0.2, 0) is 41.4 Å². The zero-order valence-electron chi connectivity index (χ0n) is 25.1. The van der Waals surface area contributed by atoms with E-state index >= 15 is 0 Å². The Morgan fingerprint density at radius 2 is 1.78 bits per heavy atom. The number of aromatic nitrogens is 8. The van der Waals surface area contributed by atoms with Crippen LogP contribution in [0.4, 0.5) is 24.9 Å². The maximum absolute atomic E-state index is 13.8. The van der Waals surface area contributed by atoms with Crippen molar-refractivity contribution in [2.24, 2.45) is 0 Å². The fraction of sp³-hybridized carbons (Fsp3) is 0.478. The summed E-state index contributed by atoms with van der Waals surface area (Å²) in [4.78, 5) is 45.3. The molecule has 270 valence electrons. The normalized spacial score (nSPS) is 32.4. The third kappa shape index (κ3) is 6.42. The van der Waals surface area contributed by atoms with Gasteiger partial charge in [-0.3, -0.25) is 37.0 Å². The second-order valence-electron chi connectivity index (χ2n) is 11.0. The Bertz CT molecular complexity index is 2160. The van der Waals surface area contributed by atoms with Gasteiger partial charge in [0.1, 0.15) is 43.1 Å². The second kappa shape index (κ2) is 12.2. The van der Waals surface area contributed by atoms with Gasteiger partial charge in [-0.2, -0.15) is 18.2 Å². The lowest BCUT2D eigenvalue weighted by atomic mass is 10.1. The molecule has 0 spiro atoms. The number of phosphoric acid groups is 1. The molecule has 1 saturated heterocycles. The Labute approximate surface area is 275 Å². The quantitative estimate of drug-likeness (QED) is 0.177. The van der Waals surface area contributed by atoms with Gasteiger partial charge in [-0.25, -0.2) is 24.5 Å². The van der Waals surface area contributed by atoms with Crippen molar-refractivity contribution in [2.75, 3.05) is 38.0 Å². The van der Waals surface area contributed by atoms with Crippen LogP contribution in [0.3, 0.4) is 0 Å². The van der Waals surface area contributed by atoms with Gasteiger partial charge in [0.05, 0.1) is 12.9 Å². The third-order valence-corrected chi connectivity index (χ3v) is 9.73. The molecule has 7 rings (SSSR count). The number of aliphatic hydroxyl groups is 1. The fourth-order valence-electron chi connectivity index (χ4n) is 5.45. The number of nitrogens with zero attached hydrogens (tertiary/aromatic N) is 7. The average molecular weight is 752 g/mol. The number of aliphatic hydroxyl groups excluding tert-OH is 1. The highest BCUT2D eigenvalue weighted by Crippen LogP contribution is 2.55. The molecule has 4 aromatic heterocycles. The van der Waals surface area contributed by atoms with E-state index in [0.717, 1.165) is 23.9 Å². The van der Waals surface area contributed by atoms with Crippen molar-refractivity contribution in [1.29, 1.82) is 0 Å². The standard InChI is InChI=1S/C23H25F3N10O12P2/c1-49(39)43-2-8-13(12(37)20(45-8)35-6-31-10-16(27)29-5-30-17(10)35)48-50(40,41)44-3-9-14(42-4-23(24,25)26)15(47-49)21(46-9)36-7-32-11-18(36)33-22(28)34-19(11)38/h5-8,12-13,15,20-21,37H,2-4H2,1H3,(H,40,41)(H2,27,29,30)(H3,28,33,34,38)/t8-,12?,13?,15?,20-,21-,49?/m1/s1. The number of aromatic amines is 1. The van der Waals surface area contributed by atoms with Gasteiger partial charge < -0.3 is 40.2 Å². The minimum absolute atomic E-state index is 0.0125. The molecule has 27 heteroatoms. The average Bonchev–Trinajstić information content (AvgIpc) is 3.78. The number of halogens is 3. The van der Waals surface area contributed by atoms with E-state index < -0.39 is 95.4 Å². The number of H-pyrrole nitrogens is 1. The number of hydrogen-bond acceptors (Lipinski definition) is 18. The Balaban J connectivity index is 1.25. The van der Waals surface area contributed by atoms with Gasteiger partial charge in [-0.05, 0) is 0 Å². The molecule has 7 heterocycles. The summed E-state index contributed by atoms with van der Waals surface area (Å²) in [5.41, 5.74) is 10.5. The van der Waals surface area contributed by atoms with Gasteiger partial charge in [-0.15, -0.1) is 0 Å². The fourth-order valence-corrected chi connectivity index (χ4v) is 7.45. The van der Waals surface area contributed by atoms with Crippen LogP contribution in [0.5, 0.6) is 0 Å². The van der Waals surface area contributed by atoms with Crippen LogP contribution >= 0.6 is 15.4 Å². The number of anilines is 2. The highest BCUT2D eigenvalue weighted by molar-refractivity contribution is 7.53. The van der Waals surface area contributed by atoms with Crippen LogP contribution < -0.4 is 17.0 Å². The molecule has 4 aromatic rings. The molecular formula is C23H25F3N10O12P2. The molecule has 8 atom stereocenters. The molecule has 0 radical (unpaired) electrons. The number of rotatable bonds is 4. The van der Waals surface area contributed by atoms with Crippen molar-refractivity contribution in [3.63, 3.8) is 0 Å². The van der Waals surface area contributed by atoms with E-state index in [9.17, 15) is 37.1 Å². The zero-order chi connectivity index (χ0) is 35.7. The first-order valence-electron chi connectivity index (χ1n) is 14.1. The van der Waals surface area contributed by atoms with Crippen LogP contribution in [0.15, 0.2) is 35.3 Å². The van der Waals surface area contributed by atoms with Crippen molar-refractivity contribution >= 4 is 49.5 Å². The van der Waals surface area contributed by atoms with Gasteiger partial charge >= 0.3 is 21.6 Å². The summed E-state index contributed by atoms with van der Waals surface area (Å²) in [6, 6.07) is 0. The van der Waals surface area contributed by atoms with E-state index in [1.165, 1.54) is 10.9 Å².